The molecule has 0 fully saturated rings. The number of benzene rings is 1. The molecule has 0 aliphatic carbocycles. The smallest absolute Gasteiger partial charge is 0.258 e. The molecular weight excluding hydrogens is 248 g/mol. The van der Waals surface area contributed by atoms with Gasteiger partial charge in [-0.25, -0.2) is 0 Å². The van der Waals surface area contributed by atoms with Gasteiger partial charge in [0.1, 0.15) is 0 Å². The Morgan fingerprint density at radius 3 is 2.50 bits per heavy atom. The van der Waals surface area contributed by atoms with Crippen LogP contribution in [0, 0.1) is 0 Å². The van der Waals surface area contributed by atoms with E-state index < -0.39 is 0 Å². The predicted molar refractivity (Wildman–Crippen MR) is 69.6 cm³/mol. The fourth-order valence-corrected chi connectivity index (χ4v) is 2.31. The first-order valence-corrected chi connectivity index (χ1v) is 6.21. The minimum atomic E-state index is 0.516. The highest BCUT2D eigenvalue weighted by molar-refractivity contribution is 7.17. The molecule has 90 valence electrons. The first-order valence-electron chi connectivity index (χ1n) is 5.40. The topological polar surface area (TPSA) is 48.2 Å². The first-order chi connectivity index (χ1) is 8.86. The fourth-order valence-electron chi connectivity index (χ4n) is 1.56. The Labute approximate surface area is 108 Å². The Hall–Kier alpha value is -2.14. The van der Waals surface area contributed by atoms with Gasteiger partial charge in [-0.05, 0) is 24.3 Å². The van der Waals surface area contributed by atoms with Gasteiger partial charge in [0.25, 0.3) is 5.89 Å². The van der Waals surface area contributed by atoms with Crippen LogP contribution in [-0.4, -0.2) is 17.3 Å². The molecule has 0 saturated heterocycles. The molecule has 0 saturated carbocycles. The maximum atomic E-state index is 5.65. The van der Waals surface area contributed by atoms with Crippen molar-refractivity contribution in [1.82, 2.24) is 10.2 Å². The molecule has 3 rings (SSSR count). The summed E-state index contributed by atoms with van der Waals surface area (Å²) in [5.41, 5.74) is 0.916. The quantitative estimate of drug-likeness (QED) is 0.721. The molecule has 5 heteroatoms. The third kappa shape index (κ3) is 2.00. The molecule has 0 aliphatic rings. The van der Waals surface area contributed by atoms with E-state index in [4.69, 9.17) is 9.15 Å². The summed E-state index contributed by atoms with van der Waals surface area (Å²) in [4.78, 5) is 0.904. The van der Waals surface area contributed by atoms with E-state index in [1.807, 2.05) is 42.5 Å². The number of nitrogens with zero attached hydrogens (tertiary/aromatic N) is 2. The van der Waals surface area contributed by atoms with E-state index >= 15 is 0 Å². The molecule has 18 heavy (non-hydrogen) atoms. The van der Waals surface area contributed by atoms with Gasteiger partial charge in [-0.3, -0.25) is 0 Å². The van der Waals surface area contributed by atoms with E-state index in [1.54, 1.807) is 7.11 Å². The van der Waals surface area contributed by atoms with E-state index in [9.17, 15) is 0 Å². The Morgan fingerprint density at radius 1 is 1.00 bits per heavy atom. The van der Waals surface area contributed by atoms with Crippen molar-refractivity contribution in [3.05, 3.63) is 42.5 Å². The van der Waals surface area contributed by atoms with E-state index in [1.165, 1.54) is 11.3 Å². The lowest BCUT2D eigenvalue weighted by Gasteiger charge is -1.92. The summed E-state index contributed by atoms with van der Waals surface area (Å²) in [7, 11) is 1.64. The summed E-state index contributed by atoms with van der Waals surface area (Å²) < 4.78 is 10.8. The number of ether oxygens (including phenoxy) is 1. The molecule has 1 aromatic carbocycles. The lowest BCUT2D eigenvalue weighted by molar-refractivity contribution is 0.427. The third-order valence-corrected chi connectivity index (χ3v) is 3.47. The average molecular weight is 258 g/mol. The SMILES string of the molecule is COc1ccc(-c2nnc(-c3ccccc3)o2)s1. The highest BCUT2D eigenvalue weighted by atomic mass is 32.1. The Bertz CT molecular complexity index is 646. The van der Waals surface area contributed by atoms with Crippen LogP contribution in [0.2, 0.25) is 0 Å². The van der Waals surface area contributed by atoms with Crippen LogP contribution in [-0.2, 0) is 0 Å². The number of hydrogen-bond donors (Lipinski definition) is 0. The second-order valence-corrected chi connectivity index (χ2v) is 4.65. The molecule has 0 aliphatic heterocycles. The maximum absolute atomic E-state index is 5.65. The Balaban J connectivity index is 1.94. The van der Waals surface area contributed by atoms with Crippen molar-refractivity contribution in [2.75, 3.05) is 7.11 Å². The van der Waals surface area contributed by atoms with Crippen LogP contribution in [0.15, 0.2) is 46.9 Å². The lowest BCUT2D eigenvalue weighted by Crippen LogP contribution is -1.75. The lowest BCUT2D eigenvalue weighted by atomic mass is 10.2. The summed E-state index contributed by atoms with van der Waals surface area (Å²) in [6.45, 7) is 0. The highest BCUT2D eigenvalue weighted by Crippen LogP contribution is 2.33. The number of hydrogen-bond acceptors (Lipinski definition) is 5. The van der Waals surface area contributed by atoms with Crippen LogP contribution < -0.4 is 4.74 Å². The molecule has 0 unspecified atom stereocenters. The zero-order valence-electron chi connectivity index (χ0n) is 9.66. The standard InChI is InChI=1S/C13H10N2O2S/c1-16-11-8-7-10(18-11)13-15-14-12(17-13)9-5-3-2-4-6-9/h2-8H,1H3. The van der Waals surface area contributed by atoms with Crippen LogP contribution in [0.5, 0.6) is 5.06 Å². The van der Waals surface area contributed by atoms with Crippen molar-refractivity contribution in [2.45, 2.75) is 0 Å². The summed E-state index contributed by atoms with van der Waals surface area (Å²) in [6, 6.07) is 13.5. The molecule has 3 aromatic rings. The highest BCUT2D eigenvalue weighted by Gasteiger charge is 2.12. The van der Waals surface area contributed by atoms with Crippen LogP contribution in [0.4, 0.5) is 0 Å². The zero-order valence-corrected chi connectivity index (χ0v) is 10.5. The monoisotopic (exact) mass is 258 g/mol. The predicted octanol–water partition coefficient (Wildman–Crippen LogP) is 3.47. The second kappa shape index (κ2) is 4.62. The van der Waals surface area contributed by atoms with Crippen molar-refractivity contribution >= 4 is 11.3 Å². The van der Waals surface area contributed by atoms with Crippen molar-refractivity contribution in [3.63, 3.8) is 0 Å². The Morgan fingerprint density at radius 2 is 1.78 bits per heavy atom. The largest absolute Gasteiger partial charge is 0.487 e. The van der Waals surface area contributed by atoms with Gasteiger partial charge in [0.05, 0.1) is 12.0 Å². The van der Waals surface area contributed by atoms with Gasteiger partial charge in [0, 0.05) is 5.56 Å². The molecule has 0 spiro atoms. The molecule has 0 atom stereocenters. The molecule has 0 bridgehead atoms. The van der Waals surface area contributed by atoms with Crippen molar-refractivity contribution < 1.29 is 9.15 Å². The fraction of sp³-hybridized carbons (Fsp3) is 0.0769. The number of rotatable bonds is 3. The van der Waals surface area contributed by atoms with E-state index in [-0.39, 0.29) is 0 Å². The van der Waals surface area contributed by atoms with Gasteiger partial charge in [0.2, 0.25) is 5.89 Å². The van der Waals surface area contributed by atoms with E-state index in [0.717, 1.165) is 15.5 Å². The average Bonchev–Trinajstić information content (AvgIpc) is 3.08. The molecule has 0 N–H and O–H groups in total. The molecular formula is C13H10N2O2S. The van der Waals surface area contributed by atoms with E-state index in [2.05, 4.69) is 10.2 Å². The molecule has 4 nitrogen and oxygen atoms in total. The van der Waals surface area contributed by atoms with Crippen LogP contribution in [0.3, 0.4) is 0 Å². The second-order valence-electron chi connectivity index (χ2n) is 3.60. The number of thiophene rings is 1. The minimum absolute atomic E-state index is 0.516. The van der Waals surface area contributed by atoms with Gasteiger partial charge < -0.3 is 9.15 Å². The van der Waals surface area contributed by atoms with Gasteiger partial charge in [-0.15, -0.1) is 10.2 Å². The molecule has 2 heterocycles. The molecule has 2 aromatic heterocycles. The first kappa shape index (κ1) is 11.0. The van der Waals surface area contributed by atoms with Crippen LogP contribution in [0.25, 0.3) is 22.2 Å². The van der Waals surface area contributed by atoms with Crippen molar-refractivity contribution in [2.24, 2.45) is 0 Å². The summed E-state index contributed by atoms with van der Waals surface area (Å²) in [5.74, 6) is 1.04. The Kier molecular flexibility index (Phi) is 2.82. The molecule has 0 amide bonds. The number of methoxy groups -OCH3 is 1. The van der Waals surface area contributed by atoms with E-state index in [0.29, 0.717) is 11.8 Å². The summed E-state index contributed by atoms with van der Waals surface area (Å²) in [6.07, 6.45) is 0. The van der Waals surface area contributed by atoms with Crippen LogP contribution >= 0.6 is 11.3 Å². The zero-order chi connectivity index (χ0) is 12.4. The van der Waals surface area contributed by atoms with Crippen molar-refractivity contribution in [1.29, 1.82) is 0 Å². The normalized spacial score (nSPS) is 10.5. The van der Waals surface area contributed by atoms with Gasteiger partial charge in [-0.2, -0.15) is 0 Å². The minimum Gasteiger partial charge on any atom is -0.487 e. The van der Waals surface area contributed by atoms with Gasteiger partial charge in [0.15, 0.2) is 5.06 Å². The van der Waals surface area contributed by atoms with Gasteiger partial charge in [-0.1, -0.05) is 29.5 Å². The number of aromatic nitrogens is 2. The third-order valence-electron chi connectivity index (χ3n) is 2.44. The van der Waals surface area contributed by atoms with Crippen molar-refractivity contribution in [3.8, 4) is 27.3 Å². The maximum Gasteiger partial charge on any atom is 0.258 e. The summed E-state index contributed by atoms with van der Waals surface area (Å²) in [5, 5.41) is 8.92. The summed E-state index contributed by atoms with van der Waals surface area (Å²) >= 11 is 1.48. The van der Waals surface area contributed by atoms with Gasteiger partial charge >= 0.3 is 0 Å². The van der Waals surface area contributed by atoms with Crippen LogP contribution in [0.1, 0.15) is 0 Å². The molecule has 0 radical (unpaired) electrons.